The van der Waals surface area contributed by atoms with Crippen molar-refractivity contribution in [3.63, 3.8) is 0 Å². The van der Waals surface area contributed by atoms with Gasteiger partial charge in [0.1, 0.15) is 0 Å². The molecule has 0 aliphatic rings. The average Bonchev–Trinajstić information content (AvgIpc) is 2.32. The van der Waals surface area contributed by atoms with Crippen LogP contribution in [0.15, 0.2) is 29.3 Å². The Labute approximate surface area is 104 Å². The van der Waals surface area contributed by atoms with E-state index >= 15 is 0 Å². The van der Waals surface area contributed by atoms with Crippen LogP contribution in [-0.4, -0.2) is 22.6 Å². The Balaban J connectivity index is 2.57. The van der Waals surface area contributed by atoms with E-state index in [0.717, 1.165) is 0 Å². The third-order valence-electron chi connectivity index (χ3n) is 2.77. The molecule has 1 aromatic carbocycles. The van der Waals surface area contributed by atoms with Crippen molar-refractivity contribution in [1.82, 2.24) is 14.9 Å². The number of fused-ring (bicyclic) bond motifs is 1. The normalized spacial score (nSPS) is 12.9. The van der Waals surface area contributed by atoms with E-state index in [2.05, 4.69) is 10.3 Å². The molecule has 0 radical (unpaired) electrons. The maximum Gasteiger partial charge on any atom is 0.262 e. The molecule has 1 atom stereocenters. The largest absolute Gasteiger partial charge is 0.315 e. The van der Waals surface area contributed by atoms with Crippen LogP contribution in [0.3, 0.4) is 0 Å². The summed E-state index contributed by atoms with van der Waals surface area (Å²) in [6, 6.07) is 5.49. The first-order chi connectivity index (χ1) is 8.13. The van der Waals surface area contributed by atoms with Crippen LogP contribution in [0.5, 0.6) is 0 Å². The average molecular weight is 252 g/mol. The van der Waals surface area contributed by atoms with Crippen molar-refractivity contribution >= 4 is 22.5 Å². The van der Waals surface area contributed by atoms with Gasteiger partial charge in [-0.2, -0.15) is 0 Å². The van der Waals surface area contributed by atoms with Crippen molar-refractivity contribution in [3.05, 3.63) is 39.9 Å². The Bertz CT molecular complexity index is 594. The molecule has 0 fully saturated rings. The summed E-state index contributed by atoms with van der Waals surface area (Å²) in [5, 5.41) is 4.02. The van der Waals surface area contributed by atoms with Gasteiger partial charge in [-0.3, -0.25) is 9.36 Å². The summed E-state index contributed by atoms with van der Waals surface area (Å²) >= 11 is 6.04. The van der Waals surface area contributed by atoms with Gasteiger partial charge in [0.25, 0.3) is 5.56 Å². The molecule has 2 rings (SSSR count). The van der Waals surface area contributed by atoms with Crippen molar-refractivity contribution in [1.29, 1.82) is 0 Å². The first-order valence-electron chi connectivity index (χ1n) is 5.44. The molecule has 0 aliphatic heterocycles. The highest BCUT2D eigenvalue weighted by molar-refractivity contribution is 6.35. The first-order valence-corrected chi connectivity index (χ1v) is 5.82. The number of benzene rings is 1. The molecule has 0 aliphatic carbocycles. The molecule has 17 heavy (non-hydrogen) atoms. The zero-order valence-corrected chi connectivity index (χ0v) is 10.5. The number of nitrogens with zero attached hydrogens (tertiary/aromatic N) is 2. The van der Waals surface area contributed by atoms with Gasteiger partial charge in [0.2, 0.25) is 0 Å². The third-order valence-corrected chi connectivity index (χ3v) is 3.08. The molecule has 1 aromatic heterocycles. The Morgan fingerprint density at radius 3 is 3.00 bits per heavy atom. The second-order valence-electron chi connectivity index (χ2n) is 4.03. The van der Waals surface area contributed by atoms with E-state index < -0.39 is 0 Å². The fourth-order valence-electron chi connectivity index (χ4n) is 1.68. The van der Waals surface area contributed by atoms with Gasteiger partial charge in [-0.1, -0.05) is 17.7 Å². The monoisotopic (exact) mass is 251 g/mol. The maximum atomic E-state index is 12.2. The van der Waals surface area contributed by atoms with Crippen LogP contribution in [0.4, 0.5) is 0 Å². The van der Waals surface area contributed by atoms with Crippen LogP contribution in [0.1, 0.15) is 6.92 Å². The van der Waals surface area contributed by atoms with E-state index in [4.69, 9.17) is 11.6 Å². The van der Waals surface area contributed by atoms with Gasteiger partial charge in [0.05, 0.1) is 22.3 Å². The lowest BCUT2D eigenvalue weighted by Crippen LogP contribution is -2.32. The van der Waals surface area contributed by atoms with Crippen LogP contribution in [0.25, 0.3) is 10.9 Å². The van der Waals surface area contributed by atoms with Gasteiger partial charge in [0, 0.05) is 12.6 Å². The lowest BCUT2D eigenvalue weighted by molar-refractivity contribution is 0.503. The number of rotatable bonds is 3. The Morgan fingerprint density at radius 1 is 1.53 bits per heavy atom. The number of nitrogens with one attached hydrogen (secondary N) is 1. The smallest absolute Gasteiger partial charge is 0.262 e. The second-order valence-corrected chi connectivity index (χ2v) is 4.43. The fourth-order valence-corrected chi connectivity index (χ4v) is 1.93. The summed E-state index contributed by atoms with van der Waals surface area (Å²) in [5.74, 6) is 0. The minimum atomic E-state index is -0.0947. The highest BCUT2D eigenvalue weighted by atomic mass is 35.5. The zero-order chi connectivity index (χ0) is 12.4. The van der Waals surface area contributed by atoms with Crippen molar-refractivity contribution in [2.24, 2.45) is 0 Å². The SMILES string of the molecule is CNC(C)Cn1cnc2cccc(Cl)c2c1=O. The Morgan fingerprint density at radius 2 is 2.29 bits per heavy atom. The van der Waals surface area contributed by atoms with E-state index in [9.17, 15) is 4.79 Å². The lowest BCUT2D eigenvalue weighted by Gasteiger charge is -2.12. The molecule has 4 nitrogen and oxygen atoms in total. The fraction of sp³-hybridized carbons (Fsp3) is 0.333. The molecule has 0 spiro atoms. The van der Waals surface area contributed by atoms with E-state index in [1.807, 2.05) is 14.0 Å². The molecule has 0 amide bonds. The van der Waals surface area contributed by atoms with E-state index in [1.165, 1.54) is 0 Å². The van der Waals surface area contributed by atoms with Crippen molar-refractivity contribution in [3.8, 4) is 0 Å². The topological polar surface area (TPSA) is 46.9 Å². The van der Waals surface area contributed by atoms with Gasteiger partial charge >= 0.3 is 0 Å². The summed E-state index contributed by atoms with van der Waals surface area (Å²) in [7, 11) is 1.86. The van der Waals surface area contributed by atoms with Crippen LogP contribution in [0.2, 0.25) is 5.02 Å². The number of aromatic nitrogens is 2. The lowest BCUT2D eigenvalue weighted by atomic mass is 10.2. The molecular weight excluding hydrogens is 238 g/mol. The minimum absolute atomic E-state index is 0.0947. The zero-order valence-electron chi connectivity index (χ0n) is 9.77. The predicted molar refractivity (Wildman–Crippen MR) is 69.5 cm³/mol. The third kappa shape index (κ3) is 2.33. The summed E-state index contributed by atoms with van der Waals surface area (Å²) in [6.45, 7) is 2.58. The molecule has 1 unspecified atom stereocenters. The maximum absolute atomic E-state index is 12.2. The summed E-state index contributed by atoms with van der Waals surface area (Å²) < 4.78 is 1.58. The Hall–Kier alpha value is -1.39. The van der Waals surface area contributed by atoms with E-state index in [1.54, 1.807) is 29.1 Å². The minimum Gasteiger partial charge on any atom is -0.315 e. The van der Waals surface area contributed by atoms with Crippen molar-refractivity contribution < 1.29 is 0 Å². The van der Waals surface area contributed by atoms with Gasteiger partial charge in [0.15, 0.2) is 0 Å². The quantitative estimate of drug-likeness (QED) is 0.903. The highest BCUT2D eigenvalue weighted by Gasteiger charge is 2.09. The van der Waals surface area contributed by atoms with Crippen molar-refractivity contribution in [2.45, 2.75) is 19.5 Å². The van der Waals surface area contributed by atoms with Gasteiger partial charge in [-0.05, 0) is 26.1 Å². The molecule has 0 bridgehead atoms. The second kappa shape index (κ2) is 4.85. The summed E-state index contributed by atoms with van der Waals surface area (Å²) in [4.78, 5) is 16.5. The van der Waals surface area contributed by atoms with Gasteiger partial charge in [-0.15, -0.1) is 0 Å². The van der Waals surface area contributed by atoms with E-state index in [-0.39, 0.29) is 11.6 Å². The summed E-state index contributed by atoms with van der Waals surface area (Å²) in [5.41, 5.74) is 0.540. The van der Waals surface area contributed by atoms with Crippen LogP contribution in [0, 0.1) is 0 Å². The van der Waals surface area contributed by atoms with Crippen LogP contribution in [-0.2, 0) is 6.54 Å². The molecule has 1 heterocycles. The van der Waals surface area contributed by atoms with Gasteiger partial charge in [-0.25, -0.2) is 4.98 Å². The van der Waals surface area contributed by atoms with Crippen molar-refractivity contribution in [2.75, 3.05) is 7.05 Å². The first kappa shape index (κ1) is 12.1. The molecule has 2 aromatic rings. The number of halogens is 1. The molecule has 5 heteroatoms. The van der Waals surface area contributed by atoms with E-state index in [0.29, 0.717) is 22.5 Å². The highest BCUT2D eigenvalue weighted by Crippen LogP contribution is 2.17. The molecule has 1 N–H and O–H groups in total. The predicted octanol–water partition coefficient (Wildman–Crippen LogP) is 1.66. The molecule has 90 valence electrons. The number of hydrogen-bond acceptors (Lipinski definition) is 3. The Kier molecular flexibility index (Phi) is 3.45. The summed E-state index contributed by atoms with van der Waals surface area (Å²) in [6.07, 6.45) is 1.56. The molecule has 0 saturated carbocycles. The number of likely N-dealkylation sites (N-methyl/N-ethyl adjacent to an activating group) is 1. The standard InChI is InChI=1S/C12H14ClN3O/c1-8(14-2)6-16-7-15-10-5-3-4-9(13)11(10)12(16)17/h3-5,7-8,14H,6H2,1-2H3. The van der Waals surface area contributed by atoms with Crippen LogP contribution < -0.4 is 10.9 Å². The number of hydrogen-bond donors (Lipinski definition) is 1. The molecular formula is C12H14ClN3O. The molecule has 0 saturated heterocycles. The van der Waals surface area contributed by atoms with Gasteiger partial charge < -0.3 is 5.32 Å². The van der Waals surface area contributed by atoms with Crippen LogP contribution >= 0.6 is 11.6 Å².